The third-order valence-electron chi connectivity index (χ3n) is 4.29. The molecular formula is C22H19N3. The maximum atomic E-state index is 6.23. The third kappa shape index (κ3) is 2.92. The van der Waals surface area contributed by atoms with Crippen molar-refractivity contribution < 1.29 is 0 Å². The standard InChI is InChI=1S/C22H19N3/c1-16-11-13-18(14-12-16)25-22(19-9-5-6-10-20(19)23)15-21(24-25)17-7-3-2-4-8-17/h2-15H,23H2,1H3. The molecule has 3 aromatic carbocycles. The normalized spacial score (nSPS) is 10.8. The molecule has 0 unspecified atom stereocenters. The molecule has 122 valence electrons. The molecule has 0 aliphatic carbocycles. The van der Waals surface area contributed by atoms with Crippen molar-refractivity contribution in [3.63, 3.8) is 0 Å². The minimum atomic E-state index is 0.746. The topological polar surface area (TPSA) is 43.8 Å². The molecule has 0 radical (unpaired) electrons. The van der Waals surface area contributed by atoms with Gasteiger partial charge in [0.2, 0.25) is 0 Å². The van der Waals surface area contributed by atoms with Gasteiger partial charge >= 0.3 is 0 Å². The van der Waals surface area contributed by atoms with Gasteiger partial charge in [-0.15, -0.1) is 0 Å². The van der Waals surface area contributed by atoms with Gasteiger partial charge in [-0.05, 0) is 31.2 Å². The van der Waals surface area contributed by atoms with E-state index in [1.165, 1.54) is 5.56 Å². The largest absolute Gasteiger partial charge is 0.398 e. The van der Waals surface area contributed by atoms with Crippen molar-refractivity contribution in [3.8, 4) is 28.2 Å². The van der Waals surface area contributed by atoms with Crippen LogP contribution in [0.1, 0.15) is 5.56 Å². The third-order valence-corrected chi connectivity index (χ3v) is 4.29. The van der Waals surface area contributed by atoms with Crippen LogP contribution in [0.2, 0.25) is 0 Å². The predicted molar refractivity (Wildman–Crippen MR) is 104 cm³/mol. The van der Waals surface area contributed by atoms with Crippen molar-refractivity contribution in [2.45, 2.75) is 6.92 Å². The van der Waals surface area contributed by atoms with Crippen LogP contribution in [0.25, 0.3) is 28.2 Å². The fraction of sp³-hybridized carbons (Fsp3) is 0.0455. The van der Waals surface area contributed by atoms with E-state index >= 15 is 0 Å². The summed E-state index contributed by atoms with van der Waals surface area (Å²) in [4.78, 5) is 0. The molecule has 25 heavy (non-hydrogen) atoms. The van der Waals surface area contributed by atoms with Gasteiger partial charge in [0, 0.05) is 16.8 Å². The van der Waals surface area contributed by atoms with Gasteiger partial charge in [-0.2, -0.15) is 5.10 Å². The van der Waals surface area contributed by atoms with E-state index in [0.29, 0.717) is 0 Å². The highest BCUT2D eigenvalue weighted by atomic mass is 15.3. The Hall–Kier alpha value is -3.33. The number of nitrogen functional groups attached to an aromatic ring is 1. The summed E-state index contributed by atoms with van der Waals surface area (Å²) in [5, 5.41) is 4.86. The Morgan fingerprint density at radius 3 is 2.20 bits per heavy atom. The zero-order chi connectivity index (χ0) is 17.2. The van der Waals surface area contributed by atoms with E-state index in [0.717, 1.165) is 33.9 Å². The van der Waals surface area contributed by atoms with Crippen LogP contribution >= 0.6 is 0 Å². The number of nitrogens with two attached hydrogens (primary N) is 1. The molecule has 3 nitrogen and oxygen atoms in total. The van der Waals surface area contributed by atoms with Gasteiger partial charge in [0.05, 0.1) is 17.1 Å². The molecular weight excluding hydrogens is 306 g/mol. The zero-order valence-electron chi connectivity index (χ0n) is 14.1. The molecule has 0 saturated heterocycles. The van der Waals surface area contributed by atoms with Crippen molar-refractivity contribution in [2.24, 2.45) is 0 Å². The van der Waals surface area contributed by atoms with Crippen LogP contribution in [0.3, 0.4) is 0 Å². The first-order chi connectivity index (χ1) is 12.2. The number of aryl methyl sites for hydroxylation is 1. The van der Waals surface area contributed by atoms with Gasteiger partial charge in [-0.1, -0.05) is 66.2 Å². The number of benzene rings is 3. The molecule has 4 rings (SSSR count). The van der Waals surface area contributed by atoms with E-state index in [-0.39, 0.29) is 0 Å². The fourth-order valence-corrected chi connectivity index (χ4v) is 2.94. The average molecular weight is 325 g/mol. The molecule has 0 aliphatic rings. The number of aromatic nitrogens is 2. The van der Waals surface area contributed by atoms with Crippen molar-refractivity contribution in [2.75, 3.05) is 5.73 Å². The summed E-state index contributed by atoms with van der Waals surface area (Å²) >= 11 is 0. The van der Waals surface area contributed by atoms with Crippen molar-refractivity contribution in [1.82, 2.24) is 9.78 Å². The molecule has 0 spiro atoms. The molecule has 3 heteroatoms. The Kier molecular flexibility index (Phi) is 3.82. The minimum Gasteiger partial charge on any atom is -0.398 e. The molecule has 4 aromatic rings. The molecule has 1 aromatic heterocycles. The van der Waals surface area contributed by atoms with E-state index in [2.05, 4.69) is 49.4 Å². The van der Waals surface area contributed by atoms with Crippen LogP contribution < -0.4 is 5.73 Å². The summed E-state index contributed by atoms with van der Waals surface area (Å²) in [5.74, 6) is 0. The molecule has 0 fully saturated rings. The number of hydrogen-bond donors (Lipinski definition) is 1. The highest BCUT2D eigenvalue weighted by Gasteiger charge is 2.14. The molecule has 0 amide bonds. The molecule has 2 N–H and O–H groups in total. The van der Waals surface area contributed by atoms with Gasteiger partial charge < -0.3 is 5.73 Å². The number of para-hydroxylation sites is 1. The number of hydrogen-bond acceptors (Lipinski definition) is 2. The lowest BCUT2D eigenvalue weighted by molar-refractivity contribution is 0.891. The van der Waals surface area contributed by atoms with Gasteiger partial charge in [0.15, 0.2) is 0 Å². The Labute approximate surface area is 147 Å². The highest BCUT2D eigenvalue weighted by molar-refractivity contribution is 5.78. The maximum Gasteiger partial charge on any atom is 0.0934 e. The molecule has 1 heterocycles. The summed E-state index contributed by atoms with van der Waals surface area (Å²) in [6.07, 6.45) is 0. The number of anilines is 1. The van der Waals surface area contributed by atoms with Gasteiger partial charge in [-0.3, -0.25) is 0 Å². The lowest BCUT2D eigenvalue weighted by Crippen LogP contribution is -2.01. The Morgan fingerprint density at radius 2 is 1.48 bits per heavy atom. The van der Waals surface area contributed by atoms with E-state index in [4.69, 9.17) is 10.8 Å². The molecule has 0 atom stereocenters. The van der Waals surface area contributed by atoms with Crippen LogP contribution in [0.5, 0.6) is 0 Å². The van der Waals surface area contributed by atoms with Gasteiger partial charge in [0.1, 0.15) is 0 Å². The minimum absolute atomic E-state index is 0.746. The second-order valence-corrected chi connectivity index (χ2v) is 6.12. The first kappa shape index (κ1) is 15.2. The van der Waals surface area contributed by atoms with Gasteiger partial charge in [-0.25, -0.2) is 4.68 Å². The molecule has 0 aliphatic heterocycles. The van der Waals surface area contributed by atoms with Crippen LogP contribution in [-0.4, -0.2) is 9.78 Å². The predicted octanol–water partition coefficient (Wildman–Crippen LogP) is 5.10. The highest BCUT2D eigenvalue weighted by Crippen LogP contribution is 2.31. The Balaban J connectivity index is 1.93. The first-order valence-electron chi connectivity index (χ1n) is 8.30. The van der Waals surface area contributed by atoms with Crippen LogP contribution in [0, 0.1) is 6.92 Å². The van der Waals surface area contributed by atoms with Crippen molar-refractivity contribution >= 4 is 5.69 Å². The number of rotatable bonds is 3. The number of nitrogens with zero attached hydrogens (tertiary/aromatic N) is 2. The van der Waals surface area contributed by atoms with Gasteiger partial charge in [0.25, 0.3) is 0 Å². The lowest BCUT2D eigenvalue weighted by Gasteiger charge is -2.09. The Morgan fingerprint density at radius 1 is 0.800 bits per heavy atom. The summed E-state index contributed by atoms with van der Waals surface area (Å²) in [6.45, 7) is 2.08. The van der Waals surface area contributed by atoms with Crippen LogP contribution in [0.4, 0.5) is 5.69 Å². The Bertz CT molecular complexity index is 999. The van der Waals surface area contributed by atoms with E-state index < -0.39 is 0 Å². The van der Waals surface area contributed by atoms with Crippen molar-refractivity contribution in [3.05, 3.63) is 90.5 Å². The average Bonchev–Trinajstić information content (AvgIpc) is 3.09. The monoisotopic (exact) mass is 325 g/mol. The summed E-state index contributed by atoms with van der Waals surface area (Å²) in [6, 6.07) is 28.6. The van der Waals surface area contributed by atoms with E-state index in [1.54, 1.807) is 0 Å². The van der Waals surface area contributed by atoms with Crippen molar-refractivity contribution in [1.29, 1.82) is 0 Å². The molecule has 0 saturated carbocycles. The first-order valence-corrected chi connectivity index (χ1v) is 8.30. The quantitative estimate of drug-likeness (QED) is 0.533. The lowest BCUT2D eigenvalue weighted by atomic mass is 10.1. The smallest absolute Gasteiger partial charge is 0.0934 e. The SMILES string of the molecule is Cc1ccc(-n2nc(-c3ccccc3)cc2-c2ccccc2N)cc1. The summed E-state index contributed by atoms with van der Waals surface area (Å²) < 4.78 is 1.97. The second kappa shape index (κ2) is 6.29. The fourth-order valence-electron chi connectivity index (χ4n) is 2.94. The van der Waals surface area contributed by atoms with E-state index in [1.807, 2.05) is 47.1 Å². The maximum absolute atomic E-state index is 6.23. The molecule has 0 bridgehead atoms. The van der Waals surface area contributed by atoms with E-state index in [9.17, 15) is 0 Å². The second-order valence-electron chi connectivity index (χ2n) is 6.12. The zero-order valence-corrected chi connectivity index (χ0v) is 14.1. The van der Waals surface area contributed by atoms with Crippen LogP contribution in [-0.2, 0) is 0 Å². The summed E-state index contributed by atoms with van der Waals surface area (Å²) in [5.41, 5.74) is 13.2. The summed E-state index contributed by atoms with van der Waals surface area (Å²) in [7, 11) is 0. The van der Waals surface area contributed by atoms with Crippen LogP contribution in [0.15, 0.2) is 84.9 Å².